The fraction of sp³-hybridized carbons (Fsp3) is 0.421. The number of imide groups is 1. The average molecular weight is 418 g/mol. The molecule has 4 aliphatic rings. The van der Waals surface area contributed by atoms with E-state index in [2.05, 4.69) is 38.7 Å². The Morgan fingerprint density at radius 1 is 1.04 bits per heavy atom. The second kappa shape index (κ2) is 6.87. The van der Waals surface area contributed by atoms with Crippen LogP contribution in [0, 0.1) is 23.7 Å². The van der Waals surface area contributed by atoms with Crippen molar-refractivity contribution < 1.29 is 14.4 Å². The molecular formula is C19H20BrN3O3. The first-order valence-electron chi connectivity index (χ1n) is 8.88. The number of hydrogen-bond acceptors (Lipinski definition) is 3. The number of nitrogens with zero attached hydrogens (tertiary/aromatic N) is 1. The molecule has 2 fully saturated rings. The van der Waals surface area contributed by atoms with Crippen molar-refractivity contribution >= 4 is 39.5 Å². The molecule has 1 aromatic carbocycles. The summed E-state index contributed by atoms with van der Waals surface area (Å²) in [6, 6.07) is 6.88. The Morgan fingerprint density at radius 3 is 2.15 bits per heavy atom. The third-order valence-electron chi connectivity index (χ3n) is 5.57. The number of benzene rings is 1. The van der Waals surface area contributed by atoms with Crippen LogP contribution in [0.5, 0.6) is 0 Å². The molecule has 1 heterocycles. The van der Waals surface area contributed by atoms with Gasteiger partial charge in [0, 0.05) is 23.2 Å². The molecule has 5 rings (SSSR count). The molecule has 136 valence electrons. The van der Waals surface area contributed by atoms with Gasteiger partial charge >= 0.3 is 6.03 Å². The third kappa shape index (κ3) is 3.05. The lowest BCUT2D eigenvalue weighted by Gasteiger charge is -2.38. The Hall–Kier alpha value is -2.15. The molecule has 3 aliphatic carbocycles. The highest BCUT2D eigenvalue weighted by atomic mass is 79.9. The maximum atomic E-state index is 12.7. The molecule has 6 nitrogen and oxygen atoms in total. The molecule has 0 spiro atoms. The number of amides is 4. The number of anilines is 1. The van der Waals surface area contributed by atoms with Crippen LogP contribution >= 0.6 is 15.9 Å². The van der Waals surface area contributed by atoms with Gasteiger partial charge in [0.1, 0.15) is 0 Å². The zero-order chi connectivity index (χ0) is 18.3. The topological polar surface area (TPSA) is 78.5 Å². The van der Waals surface area contributed by atoms with Crippen LogP contribution in [0.1, 0.15) is 12.8 Å². The standard InChI is InChI=1S/C19H20BrN3O3/c20-13-5-7-14(8-6-13)22-19(26)21-9-10-23-17(24)15-11-1-2-12(4-3-11)16(15)18(23)25/h1-2,5-8,11-12,15-16H,3-4,9-10H2,(H2,21,22,26). The summed E-state index contributed by atoms with van der Waals surface area (Å²) in [5, 5.41) is 5.43. The highest BCUT2D eigenvalue weighted by Gasteiger charge is 2.56. The number of fused-ring (bicyclic) bond motifs is 1. The van der Waals surface area contributed by atoms with Crippen LogP contribution in [0.2, 0.25) is 0 Å². The number of halogens is 1. The molecular weight excluding hydrogens is 398 g/mol. The molecule has 2 bridgehead atoms. The quantitative estimate of drug-likeness (QED) is 0.583. The maximum Gasteiger partial charge on any atom is 0.319 e. The summed E-state index contributed by atoms with van der Waals surface area (Å²) in [6.07, 6.45) is 6.19. The normalized spacial score (nSPS) is 29.0. The van der Waals surface area contributed by atoms with Gasteiger partial charge in [0.2, 0.25) is 11.8 Å². The highest BCUT2D eigenvalue weighted by molar-refractivity contribution is 9.10. The van der Waals surface area contributed by atoms with Crippen LogP contribution in [-0.4, -0.2) is 35.8 Å². The molecule has 1 saturated heterocycles. The summed E-state index contributed by atoms with van der Waals surface area (Å²) in [6.45, 7) is 0.458. The van der Waals surface area contributed by atoms with E-state index >= 15 is 0 Å². The number of likely N-dealkylation sites (tertiary alicyclic amines) is 1. The largest absolute Gasteiger partial charge is 0.336 e. The smallest absolute Gasteiger partial charge is 0.319 e. The van der Waals surface area contributed by atoms with Gasteiger partial charge in [-0.3, -0.25) is 14.5 Å². The minimum absolute atomic E-state index is 0.0748. The van der Waals surface area contributed by atoms with E-state index in [0.29, 0.717) is 5.69 Å². The first-order chi connectivity index (χ1) is 12.5. The fourth-order valence-electron chi connectivity index (χ4n) is 4.35. The van der Waals surface area contributed by atoms with E-state index in [1.54, 1.807) is 12.1 Å². The van der Waals surface area contributed by atoms with Gasteiger partial charge in [0.05, 0.1) is 11.8 Å². The van der Waals surface area contributed by atoms with E-state index in [9.17, 15) is 14.4 Å². The van der Waals surface area contributed by atoms with Crippen LogP contribution < -0.4 is 10.6 Å². The number of allylic oxidation sites excluding steroid dienone is 2. The number of carbonyl (C=O) groups excluding carboxylic acids is 3. The summed E-state index contributed by atoms with van der Waals surface area (Å²) >= 11 is 3.34. The number of nitrogens with one attached hydrogen (secondary N) is 2. The van der Waals surface area contributed by atoms with Gasteiger partial charge < -0.3 is 10.6 Å². The molecule has 4 atom stereocenters. The molecule has 0 aromatic heterocycles. The van der Waals surface area contributed by atoms with Crippen molar-refractivity contribution in [1.82, 2.24) is 10.2 Å². The van der Waals surface area contributed by atoms with Crippen molar-refractivity contribution in [2.24, 2.45) is 23.7 Å². The molecule has 2 N–H and O–H groups in total. The molecule has 7 heteroatoms. The van der Waals surface area contributed by atoms with E-state index in [1.165, 1.54) is 4.90 Å². The van der Waals surface area contributed by atoms with Crippen molar-refractivity contribution in [3.63, 3.8) is 0 Å². The van der Waals surface area contributed by atoms with E-state index in [4.69, 9.17) is 0 Å². The van der Waals surface area contributed by atoms with Gasteiger partial charge in [-0.15, -0.1) is 0 Å². The van der Waals surface area contributed by atoms with Gasteiger partial charge in [-0.05, 0) is 48.9 Å². The van der Waals surface area contributed by atoms with Gasteiger partial charge in [-0.1, -0.05) is 28.1 Å². The summed E-state index contributed by atoms with van der Waals surface area (Å²) in [5.41, 5.74) is 0.674. The van der Waals surface area contributed by atoms with Crippen molar-refractivity contribution in [2.75, 3.05) is 18.4 Å². The second-order valence-electron chi connectivity index (χ2n) is 7.06. The number of carbonyl (C=O) groups is 3. The predicted molar refractivity (Wildman–Crippen MR) is 100 cm³/mol. The molecule has 1 aliphatic heterocycles. The lowest BCUT2D eigenvalue weighted by Crippen LogP contribution is -2.40. The molecule has 4 unspecified atom stereocenters. The predicted octanol–water partition coefficient (Wildman–Crippen LogP) is 2.77. The average Bonchev–Trinajstić information content (AvgIpc) is 2.92. The van der Waals surface area contributed by atoms with Crippen LogP contribution in [-0.2, 0) is 9.59 Å². The minimum Gasteiger partial charge on any atom is -0.336 e. The summed E-state index contributed by atoms with van der Waals surface area (Å²) in [7, 11) is 0. The van der Waals surface area contributed by atoms with Crippen molar-refractivity contribution in [3.8, 4) is 0 Å². The summed E-state index contributed by atoms with van der Waals surface area (Å²) in [4.78, 5) is 38.7. The fourth-order valence-corrected chi connectivity index (χ4v) is 4.61. The van der Waals surface area contributed by atoms with Crippen LogP contribution in [0.4, 0.5) is 10.5 Å². The first-order valence-corrected chi connectivity index (χ1v) is 9.68. The Bertz CT molecular complexity index is 745. The minimum atomic E-state index is -0.356. The van der Waals surface area contributed by atoms with Crippen LogP contribution in [0.3, 0.4) is 0 Å². The monoisotopic (exact) mass is 417 g/mol. The molecule has 1 aromatic rings. The van der Waals surface area contributed by atoms with Gasteiger partial charge in [0.25, 0.3) is 0 Å². The van der Waals surface area contributed by atoms with Crippen molar-refractivity contribution in [3.05, 3.63) is 40.9 Å². The molecule has 4 amide bonds. The molecule has 26 heavy (non-hydrogen) atoms. The van der Waals surface area contributed by atoms with Gasteiger partial charge in [-0.25, -0.2) is 4.79 Å². The Kier molecular flexibility index (Phi) is 4.56. The van der Waals surface area contributed by atoms with Crippen molar-refractivity contribution in [2.45, 2.75) is 12.8 Å². The summed E-state index contributed by atoms with van der Waals surface area (Å²) < 4.78 is 0.930. The van der Waals surface area contributed by atoms with Crippen LogP contribution in [0.25, 0.3) is 0 Å². The van der Waals surface area contributed by atoms with Crippen LogP contribution in [0.15, 0.2) is 40.9 Å². The lowest BCUT2D eigenvalue weighted by atomic mass is 9.63. The summed E-state index contributed by atoms with van der Waals surface area (Å²) in [5.74, 6) is -0.144. The Balaban J connectivity index is 1.31. The highest BCUT2D eigenvalue weighted by Crippen LogP contribution is 2.49. The van der Waals surface area contributed by atoms with E-state index in [0.717, 1.165) is 17.3 Å². The number of rotatable bonds is 4. The van der Waals surface area contributed by atoms with Gasteiger partial charge in [-0.2, -0.15) is 0 Å². The number of hydrogen-bond donors (Lipinski definition) is 2. The first kappa shape index (κ1) is 17.3. The number of urea groups is 1. The van der Waals surface area contributed by atoms with Crippen molar-refractivity contribution in [1.29, 1.82) is 0 Å². The molecule has 1 saturated carbocycles. The Labute approximate surface area is 160 Å². The second-order valence-corrected chi connectivity index (χ2v) is 7.97. The van der Waals surface area contributed by atoms with E-state index < -0.39 is 0 Å². The maximum absolute atomic E-state index is 12.7. The van der Waals surface area contributed by atoms with Gasteiger partial charge in [0.15, 0.2) is 0 Å². The van der Waals surface area contributed by atoms with E-state index in [1.807, 2.05) is 12.1 Å². The zero-order valence-corrected chi connectivity index (χ0v) is 15.7. The van der Waals surface area contributed by atoms with E-state index in [-0.39, 0.29) is 54.6 Å². The molecule has 0 radical (unpaired) electrons. The third-order valence-corrected chi connectivity index (χ3v) is 6.10. The zero-order valence-electron chi connectivity index (χ0n) is 14.2. The SMILES string of the molecule is O=C(NCCN1C(=O)C2C3C=CC(CC3)C2C1=O)Nc1ccc(Br)cc1. The Morgan fingerprint density at radius 2 is 1.62 bits per heavy atom. The lowest BCUT2D eigenvalue weighted by molar-refractivity contribution is -0.140.